The molecule has 0 amide bonds. The van der Waals surface area contributed by atoms with Gasteiger partial charge in [0.1, 0.15) is 5.78 Å². The zero-order chi connectivity index (χ0) is 18.1. The Balaban J connectivity index is 1.37. The van der Waals surface area contributed by atoms with E-state index in [1.165, 1.54) is 51.4 Å². The number of fused-ring (bicyclic) bond motifs is 3. The summed E-state index contributed by atoms with van der Waals surface area (Å²) in [6.07, 6.45) is 13.9. The van der Waals surface area contributed by atoms with E-state index in [-0.39, 0.29) is 17.2 Å². The molecule has 0 aromatic heterocycles. The summed E-state index contributed by atoms with van der Waals surface area (Å²) in [6, 6.07) is 0.227. The summed E-state index contributed by atoms with van der Waals surface area (Å²) in [5, 5.41) is 20.5. The minimum Gasteiger partial charge on any atom is -0.762 e. The first-order chi connectivity index (χ1) is 12.6. The quantitative estimate of drug-likeness (QED) is 0.765. The molecule has 6 unspecified atom stereocenters. The highest BCUT2D eigenvalue weighted by Crippen LogP contribution is 2.48. The van der Waals surface area contributed by atoms with Crippen LogP contribution in [0.25, 0.3) is 0 Å². The fraction of sp³-hybridized carbons (Fsp3) is 0.952. The minimum atomic E-state index is -0.385. The molecule has 4 rings (SSSR count). The zero-order valence-corrected chi connectivity index (χ0v) is 16.0. The monoisotopic (exact) mass is 363 g/mol. The van der Waals surface area contributed by atoms with Gasteiger partial charge in [0.15, 0.2) is 0 Å². The van der Waals surface area contributed by atoms with Gasteiger partial charge in [0.2, 0.25) is 0 Å². The van der Waals surface area contributed by atoms with Crippen LogP contribution in [0, 0.1) is 28.9 Å². The number of hydrogen-bond acceptors (Lipinski definition) is 5. The summed E-state index contributed by atoms with van der Waals surface area (Å²) in [5.74, 6) is 2.94. The maximum absolute atomic E-state index is 12.9. The molecule has 1 heterocycles. The molecular formula is C21H35N2O3-. The molecule has 1 N–H and O–H groups in total. The number of hydrogen-bond donors (Lipinski definition) is 1. The summed E-state index contributed by atoms with van der Waals surface area (Å²) in [4.78, 5) is 15.4. The first-order valence-electron chi connectivity index (χ1n) is 11.1. The lowest BCUT2D eigenvalue weighted by atomic mass is 9.61. The predicted molar refractivity (Wildman–Crippen MR) is 101 cm³/mol. The standard InChI is InChI=1S/C21H35N2O3/c24-21(16-6-3-7-17(13-16)23(25)26)14-22-12-4-9-19-18-8-2-1-5-15(18)10-11-20(19)22/h15-20,25H,1-14H2/q-1. The molecule has 5 nitrogen and oxygen atoms in total. The Hall–Kier alpha value is -0.490. The third kappa shape index (κ3) is 3.87. The van der Waals surface area contributed by atoms with Gasteiger partial charge >= 0.3 is 0 Å². The zero-order valence-electron chi connectivity index (χ0n) is 16.0. The second-order valence-electron chi connectivity index (χ2n) is 9.42. The van der Waals surface area contributed by atoms with Crippen molar-refractivity contribution >= 4 is 5.78 Å². The molecule has 4 fully saturated rings. The topological polar surface area (TPSA) is 66.8 Å². The van der Waals surface area contributed by atoms with Gasteiger partial charge in [-0.25, -0.2) is 0 Å². The Morgan fingerprint density at radius 1 is 0.962 bits per heavy atom. The number of carbonyl (C=O) groups excluding carboxylic acids is 1. The van der Waals surface area contributed by atoms with Crippen molar-refractivity contribution < 1.29 is 10.0 Å². The van der Waals surface area contributed by atoms with Crippen molar-refractivity contribution in [2.75, 3.05) is 13.1 Å². The van der Waals surface area contributed by atoms with E-state index in [0.717, 1.165) is 37.1 Å². The molecule has 4 aliphatic rings. The lowest BCUT2D eigenvalue weighted by Crippen LogP contribution is -2.54. The molecular weight excluding hydrogens is 328 g/mol. The van der Waals surface area contributed by atoms with Crippen molar-refractivity contribution in [3.8, 4) is 0 Å². The van der Waals surface area contributed by atoms with E-state index in [4.69, 9.17) is 0 Å². The normalized spacial score (nSPS) is 41.5. The number of Topliss-reactive ketones (excluding diaryl/α,β-unsaturated/α-hetero) is 1. The van der Waals surface area contributed by atoms with E-state index in [0.29, 0.717) is 31.2 Å². The average Bonchev–Trinajstić information content (AvgIpc) is 2.68. The second-order valence-corrected chi connectivity index (χ2v) is 9.42. The van der Waals surface area contributed by atoms with Crippen LogP contribution in [-0.2, 0) is 4.79 Å². The van der Waals surface area contributed by atoms with Crippen LogP contribution in [0.15, 0.2) is 0 Å². The van der Waals surface area contributed by atoms with E-state index in [1.807, 2.05) is 0 Å². The number of nitrogens with zero attached hydrogens (tertiary/aromatic N) is 2. The van der Waals surface area contributed by atoms with Crippen LogP contribution >= 0.6 is 0 Å². The van der Waals surface area contributed by atoms with Crippen molar-refractivity contribution in [2.45, 2.75) is 89.1 Å². The molecule has 148 valence electrons. The maximum Gasteiger partial charge on any atom is 0.149 e. The van der Waals surface area contributed by atoms with Crippen LogP contribution in [-0.4, -0.2) is 46.3 Å². The number of carbonyl (C=O) groups is 1. The molecule has 1 saturated heterocycles. The van der Waals surface area contributed by atoms with Crippen LogP contribution in [0.4, 0.5) is 0 Å². The summed E-state index contributed by atoms with van der Waals surface area (Å²) >= 11 is 0. The Bertz CT molecular complexity index is 498. The summed E-state index contributed by atoms with van der Waals surface area (Å²) in [7, 11) is 0. The van der Waals surface area contributed by atoms with Gasteiger partial charge in [-0.2, -0.15) is 0 Å². The van der Waals surface area contributed by atoms with Crippen LogP contribution in [0.5, 0.6) is 0 Å². The molecule has 5 heteroatoms. The Labute approximate surface area is 157 Å². The summed E-state index contributed by atoms with van der Waals surface area (Å²) < 4.78 is 0. The number of hydroxylamine groups is 2. The molecule has 0 bridgehead atoms. The van der Waals surface area contributed by atoms with E-state index in [9.17, 15) is 15.2 Å². The highest BCUT2D eigenvalue weighted by atomic mass is 16.8. The largest absolute Gasteiger partial charge is 0.762 e. The van der Waals surface area contributed by atoms with Crippen LogP contribution in [0.3, 0.4) is 0 Å². The number of likely N-dealkylation sites (tertiary alicyclic amines) is 1. The van der Waals surface area contributed by atoms with Gasteiger partial charge in [-0.15, -0.1) is 0 Å². The van der Waals surface area contributed by atoms with E-state index in [2.05, 4.69) is 4.90 Å². The molecule has 0 aromatic rings. The lowest BCUT2D eigenvalue weighted by Gasteiger charge is -2.52. The highest BCUT2D eigenvalue weighted by molar-refractivity contribution is 5.83. The van der Waals surface area contributed by atoms with E-state index in [1.54, 1.807) is 0 Å². The Morgan fingerprint density at radius 3 is 2.62 bits per heavy atom. The van der Waals surface area contributed by atoms with Crippen molar-refractivity contribution in [1.29, 1.82) is 0 Å². The number of rotatable bonds is 4. The predicted octanol–water partition coefficient (Wildman–Crippen LogP) is 3.98. The van der Waals surface area contributed by atoms with Crippen LogP contribution in [0.2, 0.25) is 0 Å². The fourth-order valence-corrected chi connectivity index (χ4v) is 6.78. The van der Waals surface area contributed by atoms with Crippen LogP contribution in [0.1, 0.15) is 77.0 Å². The van der Waals surface area contributed by atoms with Gasteiger partial charge in [0, 0.05) is 18.0 Å². The number of piperidine rings is 1. The van der Waals surface area contributed by atoms with Crippen molar-refractivity contribution in [3.63, 3.8) is 0 Å². The first-order valence-corrected chi connectivity index (χ1v) is 11.1. The van der Waals surface area contributed by atoms with Crippen molar-refractivity contribution in [3.05, 3.63) is 5.21 Å². The summed E-state index contributed by atoms with van der Waals surface area (Å²) in [6.45, 7) is 1.63. The van der Waals surface area contributed by atoms with Gasteiger partial charge in [-0.1, -0.05) is 25.7 Å². The maximum atomic E-state index is 12.9. The molecule has 0 aromatic carbocycles. The molecule has 0 radical (unpaired) electrons. The highest BCUT2D eigenvalue weighted by Gasteiger charge is 2.44. The van der Waals surface area contributed by atoms with Crippen molar-refractivity contribution in [1.82, 2.24) is 10.1 Å². The van der Waals surface area contributed by atoms with Gasteiger partial charge in [0.25, 0.3) is 0 Å². The number of ketones is 1. The smallest absolute Gasteiger partial charge is 0.149 e. The van der Waals surface area contributed by atoms with E-state index >= 15 is 0 Å². The Morgan fingerprint density at radius 2 is 1.77 bits per heavy atom. The van der Waals surface area contributed by atoms with Gasteiger partial charge in [-0.3, -0.25) is 14.9 Å². The molecule has 3 aliphatic carbocycles. The SMILES string of the molecule is O=C(CN1CCCC2C3CCCCC3CCC21)C1CCCC(N([O-])O)C1. The van der Waals surface area contributed by atoms with Gasteiger partial charge in [0.05, 0.1) is 6.54 Å². The first kappa shape index (κ1) is 18.9. The lowest BCUT2D eigenvalue weighted by molar-refractivity contribution is -0.132. The molecule has 26 heavy (non-hydrogen) atoms. The van der Waals surface area contributed by atoms with Gasteiger partial charge < -0.3 is 10.4 Å². The second kappa shape index (κ2) is 8.26. The van der Waals surface area contributed by atoms with Gasteiger partial charge in [-0.05, 0) is 75.7 Å². The van der Waals surface area contributed by atoms with Crippen molar-refractivity contribution in [2.24, 2.45) is 23.7 Å². The fourth-order valence-electron chi connectivity index (χ4n) is 6.78. The molecule has 0 spiro atoms. The molecule has 3 saturated carbocycles. The third-order valence-corrected chi connectivity index (χ3v) is 8.07. The Kier molecular flexibility index (Phi) is 5.99. The van der Waals surface area contributed by atoms with Crippen LogP contribution < -0.4 is 0 Å². The third-order valence-electron chi connectivity index (χ3n) is 8.07. The van der Waals surface area contributed by atoms with E-state index < -0.39 is 0 Å². The average molecular weight is 364 g/mol. The molecule has 1 aliphatic heterocycles. The minimum absolute atomic E-state index is 0.0382. The molecule has 6 atom stereocenters. The summed E-state index contributed by atoms with van der Waals surface area (Å²) in [5.41, 5.74) is 0.